The van der Waals surface area contributed by atoms with Crippen molar-refractivity contribution in [2.45, 2.75) is 188 Å². The van der Waals surface area contributed by atoms with Crippen LogP contribution in [0.25, 0.3) is 22.3 Å². The van der Waals surface area contributed by atoms with Gasteiger partial charge in [0.1, 0.15) is 0 Å². The Morgan fingerprint density at radius 1 is 0.405 bits per heavy atom. The number of rotatable bonds is 3. The minimum absolute atomic E-state index is 0.00845. The van der Waals surface area contributed by atoms with Crippen LogP contribution in [0.2, 0.25) is 0 Å². The molecular formula is C71H81BN2. The first kappa shape index (κ1) is 49.1. The molecule has 0 aromatic heterocycles. The largest absolute Gasteiger partial charge is 0.311 e. The Balaban J connectivity index is 1.27. The fraction of sp³-hybridized carbons (Fsp3) is 0.408. The zero-order valence-electron chi connectivity index (χ0n) is 48.3. The zero-order chi connectivity index (χ0) is 52.8. The van der Waals surface area contributed by atoms with Gasteiger partial charge in [0.05, 0.1) is 0 Å². The topological polar surface area (TPSA) is 6.48 Å². The van der Waals surface area contributed by atoms with Crippen LogP contribution < -0.4 is 26.2 Å². The average molecular weight is 973 g/mol. The molecule has 0 unspecified atom stereocenters. The summed E-state index contributed by atoms with van der Waals surface area (Å²) in [5.41, 5.74) is 31.5. The van der Waals surface area contributed by atoms with Crippen LogP contribution in [0.4, 0.5) is 34.1 Å². The quantitative estimate of drug-likeness (QED) is 0.163. The van der Waals surface area contributed by atoms with E-state index in [4.69, 9.17) is 0 Å². The van der Waals surface area contributed by atoms with Gasteiger partial charge >= 0.3 is 0 Å². The van der Waals surface area contributed by atoms with Crippen molar-refractivity contribution in [1.82, 2.24) is 0 Å². The summed E-state index contributed by atoms with van der Waals surface area (Å²) in [6.07, 6.45) is 4.68. The summed E-state index contributed by atoms with van der Waals surface area (Å²) in [7, 11) is 0. The van der Waals surface area contributed by atoms with Crippen LogP contribution in [0, 0.1) is 13.8 Å². The van der Waals surface area contributed by atoms with Gasteiger partial charge in [-0.1, -0.05) is 196 Å². The molecule has 0 saturated heterocycles. The highest BCUT2D eigenvalue weighted by molar-refractivity contribution is 7.00. The summed E-state index contributed by atoms with van der Waals surface area (Å²) in [6.45, 7) is 43.8. The molecule has 0 radical (unpaired) electrons. The number of fused-ring (bicyclic) bond motifs is 10. The number of anilines is 6. The van der Waals surface area contributed by atoms with E-state index in [9.17, 15) is 0 Å². The summed E-state index contributed by atoms with van der Waals surface area (Å²) in [5.74, 6) is 0. The van der Waals surface area contributed by atoms with Gasteiger partial charge in [-0.25, -0.2) is 0 Å². The average Bonchev–Trinajstić information content (AvgIpc) is 3.57. The van der Waals surface area contributed by atoms with Gasteiger partial charge in [-0.2, -0.15) is 0 Å². The van der Waals surface area contributed by atoms with E-state index < -0.39 is 0 Å². The Hall–Kier alpha value is -5.80. The Kier molecular flexibility index (Phi) is 10.4. The molecule has 12 rings (SSSR count). The molecule has 5 aliphatic rings. The van der Waals surface area contributed by atoms with Crippen molar-refractivity contribution in [3.05, 3.63) is 171 Å². The second-order valence-electron chi connectivity index (χ2n) is 28.9. The molecule has 2 heterocycles. The van der Waals surface area contributed by atoms with Crippen molar-refractivity contribution in [2.75, 3.05) is 9.80 Å². The molecule has 378 valence electrons. The van der Waals surface area contributed by atoms with Crippen molar-refractivity contribution >= 4 is 57.2 Å². The standard InChI is InChI=1S/C71H81BN2/c1-42-34-46(65(3,4)5)25-29-57(42)73-59-41-54-52(68(11,12)31-33-70(54,15)16)39-56(59)72-55-28-26-48-49-38-47(66(6,7)8)24-27-50(49)71(17,18)62(48)64(55)74(61-37-45(36-60(73)63(61)72)44-22-20-19-21-23-44)58-40-53-51(35-43(58)2)67(9,10)30-32-69(53,13)14/h19-29,34-41H,30-33H2,1-18H3. The lowest BCUT2D eigenvalue weighted by molar-refractivity contribution is 0.332. The van der Waals surface area contributed by atoms with Crippen molar-refractivity contribution in [3.63, 3.8) is 0 Å². The summed E-state index contributed by atoms with van der Waals surface area (Å²) in [6, 6.07) is 46.9. The predicted octanol–water partition coefficient (Wildman–Crippen LogP) is 17.7. The van der Waals surface area contributed by atoms with Crippen LogP contribution in [-0.2, 0) is 37.9 Å². The lowest BCUT2D eigenvalue weighted by Gasteiger charge is -2.49. The monoisotopic (exact) mass is 973 g/mol. The van der Waals surface area contributed by atoms with Gasteiger partial charge in [0.2, 0.25) is 0 Å². The van der Waals surface area contributed by atoms with Gasteiger partial charge in [0.25, 0.3) is 6.71 Å². The minimum Gasteiger partial charge on any atom is -0.311 e. The van der Waals surface area contributed by atoms with E-state index in [1.807, 2.05) is 0 Å². The molecule has 0 fully saturated rings. The Labute approximate surface area is 446 Å². The van der Waals surface area contributed by atoms with Gasteiger partial charge < -0.3 is 9.80 Å². The molecule has 2 nitrogen and oxygen atoms in total. The van der Waals surface area contributed by atoms with Crippen molar-refractivity contribution in [3.8, 4) is 22.3 Å². The smallest absolute Gasteiger partial charge is 0.252 e. The molecule has 0 N–H and O–H groups in total. The van der Waals surface area contributed by atoms with E-state index in [0.29, 0.717) is 0 Å². The van der Waals surface area contributed by atoms with E-state index >= 15 is 0 Å². The third kappa shape index (κ3) is 7.09. The third-order valence-electron chi connectivity index (χ3n) is 19.5. The SMILES string of the molecule is Cc1cc(C(C)(C)C)ccc1N1c2cc3c(cc2B2c4ccc5c(c4N(c4cc6c(cc4C)C(C)(C)CCC6(C)C)c4cc(-c6ccccc6)cc1c42)C(C)(C)c1ccc(C(C)(C)C)cc1-5)C(C)(C)CCC3(C)C. The van der Waals surface area contributed by atoms with Crippen LogP contribution >= 0.6 is 0 Å². The van der Waals surface area contributed by atoms with Crippen LogP contribution in [0.3, 0.4) is 0 Å². The minimum atomic E-state index is -0.275. The van der Waals surface area contributed by atoms with Gasteiger partial charge in [0.15, 0.2) is 0 Å². The third-order valence-corrected chi connectivity index (χ3v) is 19.5. The first-order valence-electron chi connectivity index (χ1n) is 28.1. The molecule has 0 atom stereocenters. The highest BCUT2D eigenvalue weighted by atomic mass is 15.2. The lowest BCUT2D eigenvalue weighted by atomic mass is 9.32. The maximum absolute atomic E-state index is 2.81. The summed E-state index contributed by atoms with van der Waals surface area (Å²) in [4.78, 5) is 5.53. The fourth-order valence-electron chi connectivity index (χ4n) is 14.5. The first-order valence-corrected chi connectivity index (χ1v) is 28.1. The molecule has 74 heavy (non-hydrogen) atoms. The second kappa shape index (κ2) is 15.6. The summed E-state index contributed by atoms with van der Waals surface area (Å²) in [5, 5.41) is 0. The van der Waals surface area contributed by atoms with E-state index in [1.165, 1.54) is 141 Å². The molecule has 0 amide bonds. The fourth-order valence-corrected chi connectivity index (χ4v) is 14.5. The highest BCUT2D eigenvalue weighted by Gasteiger charge is 2.51. The Morgan fingerprint density at radius 3 is 1.50 bits per heavy atom. The maximum atomic E-state index is 2.81. The number of aryl methyl sites for hydroxylation is 2. The lowest BCUT2D eigenvalue weighted by Crippen LogP contribution is -2.62. The molecule has 3 aliphatic carbocycles. The number of benzene rings is 7. The maximum Gasteiger partial charge on any atom is 0.252 e. The second-order valence-corrected chi connectivity index (χ2v) is 28.9. The van der Waals surface area contributed by atoms with Crippen LogP contribution in [0.15, 0.2) is 115 Å². The van der Waals surface area contributed by atoms with Crippen LogP contribution in [-0.4, -0.2) is 6.71 Å². The van der Waals surface area contributed by atoms with Crippen molar-refractivity contribution in [1.29, 1.82) is 0 Å². The van der Waals surface area contributed by atoms with Crippen LogP contribution in [0.1, 0.15) is 192 Å². The van der Waals surface area contributed by atoms with Gasteiger partial charge in [-0.05, 0) is 197 Å². The number of hydrogen-bond donors (Lipinski definition) is 0. The Morgan fingerprint density at radius 2 is 0.919 bits per heavy atom. The molecular weight excluding hydrogens is 892 g/mol. The van der Waals surface area contributed by atoms with Gasteiger partial charge in [-0.3, -0.25) is 0 Å². The van der Waals surface area contributed by atoms with E-state index in [1.54, 1.807) is 0 Å². The predicted molar refractivity (Wildman–Crippen MR) is 321 cm³/mol. The molecule has 7 aromatic carbocycles. The highest BCUT2D eigenvalue weighted by Crippen LogP contribution is 2.59. The molecule has 3 heteroatoms. The molecule has 7 aromatic rings. The molecule has 2 aliphatic heterocycles. The van der Waals surface area contributed by atoms with E-state index in [-0.39, 0.29) is 44.6 Å². The first-order chi connectivity index (χ1) is 34.5. The van der Waals surface area contributed by atoms with E-state index in [0.717, 1.165) is 12.8 Å². The van der Waals surface area contributed by atoms with Crippen molar-refractivity contribution in [2.24, 2.45) is 0 Å². The van der Waals surface area contributed by atoms with Gasteiger partial charge in [0, 0.05) is 39.5 Å². The molecule has 0 saturated carbocycles. The summed E-state index contributed by atoms with van der Waals surface area (Å²) >= 11 is 0. The molecule has 0 bridgehead atoms. The number of nitrogens with zero attached hydrogens (tertiary/aromatic N) is 2. The normalized spacial score (nSPS) is 18.9. The Bertz CT molecular complexity index is 3530. The van der Waals surface area contributed by atoms with Gasteiger partial charge in [-0.15, -0.1) is 0 Å². The zero-order valence-corrected chi connectivity index (χ0v) is 48.3. The number of hydrogen-bond acceptors (Lipinski definition) is 2. The summed E-state index contributed by atoms with van der Waals surface area (Å²) < 4.78 is 0. The van der Waals surface area contributed by atoms with E-state index in [2.05, 4.69) is 250 Å². The van der Waals surface area contributed by atoms with Crippen LogP contribution in [0.5, 0.6) is 0 Å². The van der Waals surface area contributed by atoms with Crippen molar-refractivity contribution < 1.29 is 0 Å². The molecule has 0 spiro atoms.